The van der Waals surface area contributed by atoms with Gasteiger partial charge in [0.15, 0.2) is 0 Å². The van der Waals surface area contributed by atoms with Crippen LogP contribution >= 0.6 is 0 Å². The van der Waals surface area contributed by atoms with Crippen molar-refractivity contribution in [2.45, 2.75) is 51.5 Å². The van der Waals surface area contributed by atoms with Gasteiger partial charge in [-0.05, 0) is 45.7 Å². The summed E-state index contributed by atoms with van der Waals surface area (Å²) in [4.78, 5) is 39.9. The lowest BCUT2D eigenvalue weighted by molar-refractivity contribution is 0.0983. The Kier molecular flexibility index (Phi) is 7.30. The van der Waals surface area contributed by atoms with Gasteiger partial charge in [0, 0.05) is 32.2 Å². The molecule has 1 amide bonds. The van der Waals surface area contributed by atoms with E-state index in [0.29, 0.717) is 37.6 Å². The van der Waals surface area contributed by atoms with E-state index >= 15 is 0 Å². The number of ether oxygens (including phenoxy) is 1. The molecule has 2 N–H and O–H groups in total. The Labute approximate surface area is 165 Å². The Hall–Kier alpha value is -2.09. The second-order valence-corrected chi connectivity index (χ2v) is 7.70. The van der Waals surface area contributed by atoms with E-state index in [1.54, 1.807) is 11.8 Å². The molecule has 2 aliphatic heterocycles. The standard InChI is InChI=1S/C20H32N4O4/c1-2-28-20(27)24-12-7-15(8-13-24)22-17-16(18(25)19(17)26)21-9-14-23-10-5-3-4-6-11-23/h15,21-22H,2-14H2,1H3. The van der Waals surface area contributed by atoms with E-state index in [2.05, 4.69) is 15.5 Å². The first kappa shape index (κ1) is 20.6. The predicted octanol–water partition coefficient (Wildman–Crippen LogP) is 1.60. The highest BCUT2D eigenvalue weighted by Gasteiger charge is 2.27. The maximum atomic E-state index is 12.0. The molecule has 8 nitrogen and oxygen atoms in total. The van der Waals surface area contributed by atoms with E-state index in [0.717, 1.165) is 32.5 Å². The molecule has 0 saturated carbocycles. The number of anilines is 2. The first-order chi connectivity index (χ1) is 13.6. The van der Waals surface area contributed by atoms with Crippen molar-refractivity contribution in [1.82, 2.24) is 9.80 Å². The normalized spacial score (nSPS) is 19.4. The van der Waals surface area contributed by atoms with Crippen LogP contribution in [0.1, 0.15) is 45.4 Å². The van der Waals surface area contributed by atoms with Crippen LogP contribution in [0.2, 0.25) is 0 Å². The summed E-state index contributed by atoms with van der Waals surface area (Å²) in [5.74, 6) is 0. The van der Waals surface area contributed by atoms with Crippen molar-refractivity contribution in [2.24, 2.45) is 0 Å². The van der Waals surface area contributed by atoms with E-state index in [-0.39, 0.29) is 12.1 Å². The zero-order valence-corrected chi connectivity index (χ0v) is 16.8. The molecule has 2 fully saturated rings. The first-order valence-electron chi connectivity index (χ1n) is 10.6. The summed E-state index contributed by atoms with van der Waals surface area (Å²) in [7, 11) is 0. The lowest BCUT2D eigenvalue weighted by Crippen LogP contribution is -2.45. The highest BCUT2D eigenvalue weighted by atomic mass is 16.6. The van der Waals surface area contributed by atoms with Crippen molar-refractivity contribution >= 4 is 17.5 Å². The SMILES string of the molecule is CCOC(=O)N1CCC(Nc2c(NCCN3CCCCCC3)c(=O)c2=O)CC1. The van der Waals surface area contributed by atoms with E-state index in [4.69, 9.17) is 4.74 Å². The third-order valence-electron chi connectivity index (χ3n) is 5.71. The van der Waals surface area contributed by atoms with E-state index < -0.39 is 10.9 Å². The number of amides is 1. The fourth-order valence-electron chi connectivity index (χ4n) is 4.02. The van der Waals surface area contributed by atoms with Crippen molar-refractivity contribution in [1.29, 1.82) is 0 Å². The second-order valence-electron chi connectivity index (χ2n) is 7.70. The molecular weight excluding hydrogens is 360 g/mol. The number of nitrogens with zero attached hydrogens (tertiary/aromatic N) is 2. The minimum absolute atomic E-state index is 0.0835. The molecule has 8 heteroatoms. The third kappa shape index (κ3) is 5.04. The lowest BCUT2D eigenvalue weighted by atomic mass is 10.0. The number of piperidine rings is 1. The summed E-state index contributed by atoms with van der Waals surface area (Å²) in [6.45, 7) is 7.10. The summed E-state index contributed by atoms with van der Waals surface area (Å²) in [6, 6.07) is 0.0835. The van der Waals surface area contributed by atoms with Gasteiger partial charge in [0.1, 0.15) is 11.4 Å². The molecule has 3 rings (SSSR count). The van der Waals surface area contributed by atoms with Gasteiger partial charge < -0.3 is 25.2 Å². The number of carbonyl (C=O) groups excluding carboxylic acids is 1. The summed E-state index contributed by atoms with van der Waals surface area (Å²) in [5.41, 5.74) is -0.0319. The highest BCUT2D eigenvalue weighted by Crippen LogP contribution is 2.20. The number of rotatable bonds is 7. The molecule has 2 heterocycles. The predicted molar refractivity (Wildman–Crippen MR) is 110 cm³/mol. The Morgan fingerprint density at radius 2 is 1.64 bits per heavy atom. The van der Waals surface area contributed by atoms with Crippen molar-refractivity contribution in [3.05, 3.63) is 20.4 Å². The molecule has 0 spiro atoms. The summed E-state index contributed by atoms with van der Waals surface area (Å²) >= 11 is 0. The Balaban J connectivity index is 1.46. The number of likely N-dealkylation sites (tertiary alicyclic amines) is 2. The molecule has 28 heavy (non-hydrogen) atoms. The highest BCUT2D eigenvalue weighted by molar-refractivity contribution is 5.74. The van der Waals surface area contributed by atoms with Gasteiger partial charge >= 0.3 is 6.09 Å². The van der Waals surface area contributed by atoms with Crippen LogP contribution in [0.3, 0.4) is 0 Å². The zero-order valence-electron chi connectivity index (χ0n) is 16.8. The van der Waals surface area contributed by atoms with Crippen LogP contribution in [0.4, 0.5) is 16.2 Å². The van der Waals surface area contributed by atoms with E-state index in [9.17, 15) is 14.4 Å². The minimum atomic E-state index is -0.440. The number of carbonyl (C=O) groups is 1. The largest absolute Gasteiger partial charge is 0.450 e. The molecule has 1 aromatic rings. The van der Waals surface area contributed by atoms with Crippen LogP contribution in [-0.2, 0) is 4.74 Å². The van der Waals surface area contributed by atoms with E-state index in [1.807, 2.05) is 0 Å². The number of hydrogen-bond acceptors (Lipinski definition) is 7. The van der Waals surface area contributed by atoms with Crippen molar-refractivity contribution in [2.75, 3.05) is 56.5 Å². The van der Waals surface area contributed by atoms with E-state index in [1.165, 1.54) is 25.7 Å². The quantitative estimate of drug-likeness (QED) is 0.681. The molecular formula is C20H32N4O4. The summed E-state index contributed by atoms with van der Waals surface area (Å²) < 4.78 is 5.02. The average molecular weight is 393 g/mol. The molecule has 0 atom stereocenters. The first-order valence-corrected chi connectivity index (χ1v) is 10.6. The fraction of sp³-hybridized carbons (Fsp3) is 0.750. The van der Waals surface area contributed by atoms with Crippen LogP contribution in [-0.4, -0.2) is 67.8 Å². The molecule has 0 unspecified atom stereocenters. The van der Waals surface area contributed by atoms with Crippen molar-refractivity contribution < 1.29 is 9.53 Å². The van der Waals surface area contributed by atoms with Crippen LogP contribution in [0.5, 0.6) is 0 Å². The van der Waals surface area contributed by atoms with Gasteiger partial charge in [-0.1, -0.05) is 12.8 Å². The van der Waals surface area contributed by atoms with Gasteiger partial charge in [-0.25, -0.2) is 4.79 Å². The maximum absolute atomic E-state index is 12.0. The molecule has 156 valence electrons. The molecule has 2 aliphatic rings. The fourth-order valence-corrected chi connectivity index (χ4v) is 4.02. The van der Waals surface area contributed by atoms with Gasteiger partial charge in [0.05, 0.1) is 6.61 Å². The number of nitrogens with one attached hydrogen (secondary N) is 2. The summed E-state index contributed by atoms with van der Waals surface area (Å²) in [6.07, 6.45) is 6.23. The minimum Gasteiger partial charge on any atom is -0.450 e. The Bertz CT molecular complexity index is 712. The maximum Gasteiger partial charge on any atom is 0.409 e. The molecule has 0 radical (unpaired) electrons. The monoisotopic (exact) mass is 392 g/mol. The molecule has 1 aromatic carbocycles. The van der Waals surface area contributed by atoms with Crippen molar-refractivity contribution in [3.8, 4) is 0 Å². The third-order valence-corrected chi connectivity index (χ3v) is 5.71. The molecule has 0 bridgehead atoms. The second kappa shape index (κ2) is 9.91. The molecule has 0 aromatic heterocycles. The topological polar surface area (TPSA) is 91.0 Å². The van der Waals surface area contributed by atoms with Crippen molar-refractivity contribution in [3.63, 3.8) is 0 Å². The molecule has 2 saturated heterocycles. The van der Waals surface area contributed by atoms with Crippen LogP contribution in [0, 0.1) is 0 Å². The van der Waals surface area contributed by atoms with Crippen LogP contribution < -0.4 is 21.5 Å². The zero-order chi connectivity index (χ0) is 19.9. The van der Waals surface area contributed by atoms with Gasteiger partial charge in [-0.3, -0.25) is 9.59 Å². The average Bonchev–Trinajstić information content (AvgIpc) is 2.99. The Morgan fingerprint density at radius 3 is 2.29 bits per heavy atom. The molecule has 0 aliphatic carbocycles. The summed E-state index contributed by atoms with van der Waals surface area (Å²) in [5, 5.41) is 6.40. The smallest absolute Gasteiger partial charge is 0.409 e. The van der Waals surface area contributed by atoms with Gasteiger partial charge in [-0.2, -0.15) is 0 Å². The van der Waals surface area contributed by atoms with Crippen LogP contribution in [0.15, 0.2) is 9.59 Å². The lowest BCUT2D eigenvalue weighted by Gasteiger charge is -2.32. The van der Waals surface area contributed by atoms with Gasteiger partial charge in [0.25, 0.3) is 10.9 Å². The number of hydrogen-bond donors (Lipinski definition) is 2. The van der Waals surface area contributed by atoms with Gasteiger partial charge in [-0.15, -0.1) is 0 Å². The Morgan fingerprint density at radius 1 is 1.00 bits per heavy atom. The van der Waals surface area contributed by atoms with Gasteiger partial charge in [0.2, 0.25) is 0 Å². The van der Waals surface area contributed by atoms with Crippen LogP contribution in [0.25, 0.3) is 0 Å².